The number of hydrogen-bond donors (Lipinski definition) is 0. The van der Waals surface area contributed by atoms with Crippen LogP contribution in [0.1, 0.15) is 53.1 Å². The van der Waals surface area contributed by atoms with E-state index < -0.39 is 0 Å². The molecule has 2 atom stereocenters. The molecular formula is C20H26N6O2. The predicted octanol–water partition coefficient (Wildman–Crippen LogP) is 1.74. The van der Waals surface area contributed by atoms with E-state index in [1.165, 1.54) is 0 Å². The highest BCUT2D eigenvalue weighted by Gasteiger charge is 2.44. The zero-order valence-corrected chi connectivity index (χ0v) is 16.5. The maximum absolute atomic E-state index is 13.3. The summed E-state index contributed by atoms with van der Waals surface area (Å²) < 4.78 is 7.27. The molecule has 0 radical (unpaired) electrons. The van der Waals surface area contributed by atoms with Crippen LogP contribution in [0, 0.1) is 6.92 Å². The summed E-state index contributed by atoms with van der Waals surface area (Å²) in [5.41, 5.74) is 3.73. The van der Waals surface area contributed by atoms with Gasteiger partial charge < -0.3 is 14.5 Å². The fraction of sp³-hybridized carbons (Fsp3) is 0.600. The van der Waals surface area contributed by atoms with Gasteiger partial charge >= 0.3 is 0 Å². The van der Waals surface area contributed by atoms with E-state index in [4.69, 9.17) is 9.72 Å². The van der Waals surface area contributed by atoms with Crippen LogP contribution in [-0.2, 0) is 17.7 Å². The van der Waals surface area contributed by atoms with Crippen LogP contribution in [0.5, 0.6) is 0 Å². The van der Waals surface area contributed by atoms with E-state index in [0.29, 0.717) is 5.56 Å². The van der Waals surface area contributed by atoms with Crippen molar-refractivity contribution in [2.75, 3.05) is 31.2 Å². The lowest BCUT2D eigenvalue weighted by molar-refractivity contribution is 0.0643. The van der Waals surface area contributed by atoms with Crippen LogP contribution in [0.25, 0.3) is 0 Å². The van der Waals surface area contributed by atoms with Gasteiger partial charge in [0.25, 0.3) is 5.91 Å². The van der Waals surface area contributed by atoms with Gasteiger partial charge in [-0.2, -0.15) is 5.10 Å². The van der Waals surface area contributed by atoms with E-state index in [0.717, 1.165) is 75.0 Å². The molecule has 0 N–H and O–H groups in total. The van der Waals surface area contributed by atoms with Crippen molar-refractivity contribution in [3.63, 3.8) is 0 Å². The number of hydrogen-bond acceptors (Lipinski definition) is 6. The van der Waals surface area contributed by atoms with Gasteiger partial charge in [0.1, 0.15) is 0 Å². The van der Waals surface area contributed by atoms with E-state index in [-0.39, 0.29) is 18.0 Å². The molecule has 0 aromatic carbocycles. The van der Waals surface area contributed by atoms with Crippen molar-refractivity contribution in [3.8, 4) is 0 Å². The first kappa shape index (κ1) is 17.6. The number of aromatic nitrogens is 4. The molecular weight excluding hydrogens is 356 g/mol. The van der Waals surface area contributed by atoms with Gasteiger partial charge in [-0.05, 0) is 26.7 Å². The first-order chi connectivity index (χ1) is 13.7. The molecule has 0 aliphatic carbocycles. The Hall–Kier alpha value is -2.48. The summed E-state index contributed by atoms with van der Waals surface area (Å²) in [4.78, 5) is 27.1. The molecule has 2 aromatic rings. The fourth-order valence-corrected chi connectivity index (χ4v) is 4.72. The summed E-state index contributed by atoms with van der Waals surface area (Å²) in [5, 5.41) is 4.45. The second-order valence-corrected chi connectivity index (χ2v) is 7.82. The van der Waals surface area contributed by atoms with Crippen LogP contribution < -0.4 is 4.90 Å². The number of carbonyl (C=O) groups excluding carboxylic acids is 1. The average molecular weight is 382 g/mol. The molecule has 0 saturated carbocycles. The first-order valence-corrected chi connectivity index (χ1v) is 10.2. The molecule has 8 heteroatoms. The Bertz CT molecular complexity index is 904. The molecule has 28 heavy (non-hydrogen) atoms. The van der Waals surface area contributed by atoms with E-state index >= 15 is 0 Å². The smallest absolute Gasteiger partial charge is 0.258 e. The number of ether oxygens (including phenoxy) is 1. The quantitative estimate of drug-likeness (QED) is 0.805. The Morgan fingerprint density at radius 2 is 2.11 bits per heavy atom. The number of aryl methyl sites for hydroxylation is 2. The lowest BCUT2D eigenvalue weighted by atomic mass is 9.98. The molecule has 0 unspecified atom stereocenters. The maximum atomic E-state index is 13.3. The second-order valence-electron chi connectivity index (χ2n) is 7.82. The third kappa shape index (κ3) is 2.78. The highest BCUT2D eigenvalue weighted by atomic mass is 16.5. The minimum absolute atomic E-state index is 0.0735. The van der Waals surface area contributed by atoms with Gasteiger partial charge in [0.2, 0.25) is 5.95 Å². The predicted molar refractivity (Wildman–Crippen MR) is 103 cm³/mol. The number of nitrogens with zero attached hydrogens (tertiary/aromatic N) is 6. The molecule has 2 bridgehead atoms. The number of fused-ring (bicyclic) bond motifs is 4. The summed E-state index contributed by atoms with van der Waals surface area (Å²) in [6, 6.07) is 0.284. The zero-order valence-electron chi connectivity index (χ0n) is 16.5. The molecule has 3 aliphatic rings. The van der Waals surface area contributed by atoms with Crippen molar-refractivity contribution >= 4 is 11.9 Å². The van der Waals surface area contributed by atoms with E-state index in [2.05, 4.69) is 19.9 Å². The summed E-state index contributed by atoms with van der Waals surface area (Å²) in [6.07, 6.45) is 6.62. The van der Waals surface area contributed by atoms with Crippen molar-refractivity contribution in [3.05, 3.63) is 34.9 Å². The van der Waals surface area contributed by atoms with Crippen molar-refractivity contribution < 1.29 is 9.53 Å². The number of anilines is 1. The lowest BCUT2D eigenvalue weighted by Gasteiger charge is -2.36. The number of rotatable bonds is 3. The second kappa shape index (κ2) is 6.84. The minimum Gasteiger partial charge on any atom is -0.378 e. The van der Waals surface area contributed by atoms with Crippen LogP contribution >= 0.6 is 0 Å². The van der Waals surface area contributed by atoms with Crippen molar-refractivity contribution in [1.82, 2.24) is 24.6 Å². The van der Waals surface area contributed by atoms with Crippen LogP contribution in [0.15, 0.2) is 12.4 Å². The largest absolute Gasteiger partial charge is 0.378 e. The van der Waals surface area contributed by atoms with Crippen molar-refractivity contribution in [2.24, 2.45) is 0 Å². The molecule has 2 fully saturated rings. The van der Waals surface area contributed by atoms with Crippen LogP contribution in [0.4, 0.5) is 5.95 Å². The molecule has 3 aliphatic heterocycles. The Morgan fingerprint density at radius 3 is 2.86 bits per heavy atom. The normalized spacial score (nSPS) is 23.8. The third-order valence-corrected chi connectivity index (χ3v) is 6.21. The summed E-state index contributed by atoms with van der Waals surface area (Å²) >= 11 is 0. The number of morpholine rings is 1. The molecule has 2 saturated heterocycles. The van der Waals surface area contributed by atoms with Gasteiger partial charge in [0.05, 0.1) is 36.2 Å². The van der Waals surface area contributed by atoms with Gasteiger partial charge in [-0.1, -0.05) is 0 Å². The molecule has 0 spiro atoms. The van der Waals surface area contributed by atoms with E-state index in [1.54, 1.807) is 0 Å². The van der Waals surface area contributed by atoms with E-state index in [1.807, 2.05) is 30.9 Å². The molecule has 5 rings (SSSR count). The minimum atomic E-state index is 0.0735. The molecule has 2 aromatic heterocycles. The van der Waals surface area contributed by atoms with Gasteiger partial charge in [0.15, 0.2) is 0 Å². The third-order valence-electron chi connectivity index (χ3n) is 6.21. The molecule has 148 valence electrons. The summed E-state index contributed by atoms with van der Waals surface area (Å²) in [6.45, 7) is 7.81. The SMILES string of the molecule is CCn1cc(C(=O)N2[C@@H]3CC[C@@H]2c2cnc(N4CCOCC4)nc2C3)c(C)n1. The fourth-order valence-electron chi connectivity index (χ4n) is 4.72. The number of amides is 1. The monoisotopic (exact) mass is 382 g/mol. The number of carbonyl (C=O) groups is 1. The van der Waals surface area contributed by atoms with Crippen LogP contribution in [0.3, 0.4) is 0 Å². The van der Waals surface area contributed by atoms with Gasteiger partial charge in [0, 0.05) is 50.1 Å². The summed E-state index contributed by atoms with van der Waals surface area (Å²) in [5.74, 6) is 0.883. The van der Waals surface area contributed by atoms with Gasteiger partial charge in [-0.3, -0.25) is 9.48 Å². The van der Waals surface area contributed by atoms with Crippen molar-refractivity contribution in [2.45, 2.75) is 51.7 Å². The topological polar surface area (TPSA) is 76.4 Å². The average Bonchev–Trinajstić information content (AvgIpc) is 3.26. The first-order valence-electron chi connectivity index (χ1n) is 10.2. The van der Waals surface area contributed by atoms with Crippen LogP contribution in [-0.4, -0.2) is 62.9 Å². The molecule has 8 nitrogen and oxygen atoms in total. The van der Waals surface area contributed by atoms with Gasteiger partial charge in [-0.25, -0.2) is 9.97 Å². The molecule has 5 heterocycles. The zero-order chi connectivity index (χ0) is 19.3. The highest BCUT2D eigenvalue weighted by molar-refractivity contribution is 5.96. The van der Waals surface area contributed by atoms with E-state index in [9.17, 15) is 4.79 Å². The Morgan fingerprint density at radius 1 is 1.29 bits per heavy atom. The Balaban J connectivity index is 1.44. The lowest BCUT2D eigenvalue weighted by Crippen LogP contribution is -2.43. The highest BCUT2D eigenvalue weighted by Crippen LogP contribution is 2.44. The summed E-state index contributed by atoms with van der Waals surface area (Å²) in [7, 11) is 0. The van der Waals surface area contributed by atoms with Crippen molar-refractivity contribution in [1.29, 1.82) is 0 Å². The Kier molecular flexibility index (Phi) is 4.30. The Labute approximate surface area is 164 Å². The van der Waals surface area contributed by atoms with Crippen LogP contribution in [0.2, 0.25) is 0 Å². The molecule has 1 amide bonds. The standard InChI is InChI=1S/C20H26N6O2/c1-3-25-12-16(13(2)23-25)19(27)26-14-4-5-18(26)15-11-21-20(22-17(15)10-14)24-6-8-28-9-7-24/h11-12,14,18H,3-10H2,1-2H3/t14-,18-/m1/s1. The van der Waals surface area contributed by atoms with Gasteiger partial charge in [-0.15, -0.1) is 0 Å². The maximum Gasteiger partial charge on any atom is 0.258 e.